The lowest BCUT2D eigenvalue weighted by molar-refractivity contribution is -0.108. The van der Waals surface area contributed by atoms with Gasteiger partial charge in [0.2, 0.25) is 0 Å². The Morgan fingerprint density at radius 2 is 2.09 bits per heavy atom. The van der Waals surface area contributed by atoms with Crippen LogP contribution < -0.4 is 0 Å². The van der Waals surface area contributed by atoms with Crippen LogP contribution in [0.4, 0.5) is 0 Å². The quantitative estimate of drug-likeness (QED) is 0.461. The van der Waals surface area contributed by atoms with Crippen LogP contribution in [0.2, 0.25) is 0 Å². The zero-order valence-electron chi connectivity index (χ0n) is 7.18. The van der Waals surface area contributed by atoms with E-state index in [-0.39, 0.29) is 0 Å². The summed E-state index contributed by atoms with van der Waals surface area (Å²) in [5.41, 5.74) is 0. The molecule has 0 bridgehead atoms. The first-order valence-electron chi connectivity index (χ1n) is 4.36. The van der Waals surface area contributed by atoms with Crippen LogP contribution in [-0.4, -0.2) is 11.4 Å². The fraction of sp³-hybridized carbons (Fsp3) is 0.889. The summed E-state index contributed by atoms with van der Waals surface area (Å²) in [7, 11) is 2.93. The summed E-state index contributed by atoms with van der Waals surface area (Å²) in [6, 6.07) is 0. The normalized spacial score (nSPS) is 38.5. The minimum atomic E-state index is 0.458. The molecule has 0 aromatic rings. The molecule has 64 valence electrons. The maximum Gasteiger partial charge on any atom is 0.120 e. The van der Waals surface area contributed by atoms with Crippen molar-refractivity contribution in [2.24, 2.45) is 5.92 Å². The highest BCUT2D eigenvalue weighted by Crippen LogP contribution is 2.38. The van der Waals surface area contributed by atoms with Crippen LogP contribution >= 0.6 is 9.24 Å². The smallest absolute Gasteiger partial charge is 0.120 e. The van der Waals surface area contributed by atoms with Gasteiger partial charge < -0.3 is 4.79 Å². The Kier molecular flexibility index (Phi) is 3.06. The third kappa shape index (κ3) is 2.91. The lowest BCUT2D eigenvalue weighted by atomic mass is 9.81. The van der Waals surface area contributed by atoms with Gasteiger partial charge >= 0.3 is 0 Å². The van der Waals surface area contributed by atoms with Crippen LogP contribution in [0.25, 0.3) is 0 Å². The average molecular weight is 172 g/mol. The van der Waals surface area contributed by atoms with Crippen molar-refractivity contribution in [1.29, 1.82) is 0 Å². The lowest BCUT2D eigenvalue weighted by Gasteiger charge is -2.33. The molecule has 0 heterocycles. The largest absolute Gasteiger partial charge is 0.303 e. The zero-order valence-corrected chi connectivity index (χ0v) is 8.33. The van der Waals surface area contributed by atoms with Crippen molar-refractivity contribution in [1.82, 2.24) is 0 Å². The fourth-order valence-corrected chi connectivity index (χ4v) is 2.04. The lowest BCUT2D eigenvalue weighted by Crippen LogP contribution is -2.24. The van der Waals surface area contributed by atoms with Gasteiger partial charge in [-0.2, -0.15) is 0 Å². The third-order valence-electron chi connectivity index (χ3n) is 2.68. The van der Waals surface area contributed by atoms with E-state index in [1.165, 1.54) is 25.7 Å². The molecular formula is C9H17OP. The number of rotatable bonds is 2. The van der Waals surface area contributed by atoms with E-state index in [4.69, 9.17) is 0 Å². The molecule has 0 radical (unpaired) electrons. The van der Waals surface area contributed by atoms with Crippen molar-refractivity contribution in [3.8, 4) is 0 Å². The van der Waals surface area contributed by atoms with Crippen LogP contribution in [0.5, 0.6) is 0 Å². The number of hydrogen-bond donors (Lipinski definition) is 0. The molecule has 1 fully saturated rings. The molecule has 0 aliphatic heterocycles. The highest BCUT2D eigenvalue weighted by Gasteiger charge is 2.26. The molecule has 0 aromatic carbocycles. The summed E-state index contributed by atoms with van der Waals surface area (Å²) in [6.45, 7) is 2.29. The van der Waals surface area contributed by atoms with E-state index in [1.807, 2.05) is 0 Å². The highest BCUT2D eigenvalue weighted by atomic mass is 31.0. The van der Waals surface area contributed by atoms with Gasteiger partial charge in [0.15, 0.2) is 0 Å². The van der Waals surface area contributed by atoms with Gasteiger partial charge in [0, 0.05) is 6.42 Å². The highest BCUT2D eigenvalue weighted by molar-refractivity contribution is 7.18. The molecule has 1 aliphatic rings. The van der Waals surface area contributed by atoms with Gasteiger partial charge in [0.1, 0.15) is 6.29 Å². The minimum Gasteiger partial charge on any atom is -0.303 e. The Labute approximate surface area is 71.1 Å². The molecule has 1 saturated carbocycles. The van der Waals surface area contributed by atoms with Crippen LogP contribution in [0.1, 0.15) is 39.0 Å². The molecule has 2 heteroatoms. The predicted octanol–water partition coefficient (Wildman–Crippen LogP) is 2.40. The zero-order chi connectivity index (χ0) is 8.32. The number of carbonyl (C=O) groups is 1. The molecule has 1 unspecified atom stereocenters. The Hall–Kier alpha value is 0.100. The third-order valence-corrected chi connectivity index (χ3v) is 3.25. The van der Waals surface area contributed by atoms with E-state index in [9.17, 15) is 4.79 Å². The topological polar surface area (TPSA) is 17.1 Å². The van der Waals surface area contributed by atoms with Gasteiger partial charge in [0.05, 0.1) is 0 Å². The van der Waals surface area contributed by atoms with Crippen molar-refractivity contribution < 1.29 is 4.79 Å². The molecule has 0 aromatic heterocycles. The minimum absolute atomic E-state index is 0.458. The van der Waals surface area contributed by atoms with Gasteiger partial charge in [-0.3, -0.25) is 0 Å². The first-order valence-corrected chi connectivity index (χ1v) is 4.94. The maximum absolute atomic E-state index is 10.2. The molecule has 0 saturated heterocycles. The van der Waals surface area contributed by atoms with E-state index in [0.29, 0.717) is 11.1 Å². The number of aldehydes is 1. The summed E-state index contributed by atoms with van der Waals surface area (Å²) in [6.07, 6.45) is 6.83. The standard InChI is InChI=1S/C9H17OP/c1-9(11)5-2-8(3-6-9)4-7-10/h7-8H,2-6,11H2,1H3. The number of hydrogen-bond acceptors (Lipinski definition) is 1. The molecule has 1 rings (SSSR count). The molecular weight excluding hydrogens is 155 g/mol. The van der Waals surface area contributed by atoms with Gasteiger partial charge in [-0.15, -0.1) is 9.24 Å². The van der Waals surface area contributed by atoms with E-state index >= 15 is 0 Å². The molecule has 0 N–H and O–H groups in total. The summed E-state index contributed by atoms with van der Waals surface area (Å²) in [5.74, 6) is 0.682. The van der Waals surface area contributed by atoms with Crippen LogP contribution in [0, 0.1) is 5.92 Å². The average Bonchev–Trinajstić information content (AvgIpc) is 1.94. The van der Waals surface area contributed by atoms with E-state index in [2.05, 4.69) is 16.2 Å². The molecule has 0 amide bonds. The maximum atomic E-state index is 10.2. The van der Waals surface area contributed by atoms with Crippen molar-refractivity contribution >= 4 is 15.5 Å². The predicted molar refractivity (Wildman–Crippen MR) is 50.8 cm³/mol. The van der Waals surface area contributed by atoms with Gasteiger partial charge in [-0.05, 0) is 36.8 Å². The summed E-state index contributed by atoms with van der Waals surface area (Å²) >= 11 is 0. The summed E-state index contributed by atoms with van der Waals surface area (Å²) in [4.78, 5) is 10.2. The van der Waals surface area contributed by atoms with Gasteiger partial charge in [0.25, 0.3) is 0 Å². The van der Waals surface area contributed by atoms with E-state index in [0.717, 1.165) is 12.7 Å². The van der Waals surface area contributed by atoms with E-state index < -0.39 is 0 Å². The van der Waals surface area contributed by atoms with Crippen molar-refractivity contribution in [3.05, 3.63) is 0 Å². The first kappa shape index (κ1) is 9.19. The molecule has 11 heavy (non-hydrogen) atoms. The Balaban J connectivity index is 2.30. The molecule has 1 atom stereocenters. The second-order valence-electron chi connectivity index (χ2n) is 4.00. The van der Waals surface area contributed by atoms with Crippen LogP contribution in [0.3, 0.4) is 0 Å². The van der Waals surface area contributed by atoms with Crippen molar-refractivity contribution in [2.75, 3.05) is 0 Å². The summed E-state index contributed by atoms with van der Waals surface area (Å²) < 4.78 is 0. The summed E-state index contributed by atoms with van der Waals surface area (Å²) in [5, 5.41) is 0.458. The molecule has 1 aliphatic carbocycles. The van der Waals surface area contributed by atoms with Crippen LogP contribution in [0.15, 0.2) is 0 Å². The first-order chi connectivity index (χ1) is 5.14. The Morgan fingerprint density at radius 3 is 2.55 bits per heavy atom. The SMILES string of the molecule is CC1(P)CCC(CC=O)CC1. The van der Waals surface area contributed by atoms with Crippen molar-refractivity contribution in [3.63, 3.8) is 0 Å². The Bertz CT molecular complexity index is 132. The monoisotopic (exact) mass is 172 g/mol. The van der Waals surface area contributed by atoms with Gasteiger partial charge in [-0.1, -0.05) is 6.92 Å². The van der Waals surface area contributed by atoms with Gasteiger partial charge in [-0.25, -0.2) is 0 Å². The second kappa shape index (κ2) is 3.67. The van der Waals surface area contributed by atoms with E-state index in [1.54, 1.807) is 0 Å². The van der Waals surface area contributed by atoms with Crippen LogP contribution in [-0.2, 0) is 4.79 Å². The second-order valence-corrected chi connectivity index (χ2v) is 5.39. The van der Waals surface area contributed by atoms with Crippen molar-refractivity contribution in [2.45, 2.75) is 44.2 Å². The molecule has 1 nitrogen and oxygen atoms in total. The fourth-order valence-electron chi connectivity index (χ4n) is 1.71. The Morgan fingerprint density at radius 1 is 1.55 bits per heavy atom. The molecule has 0 spiro atoms. The number of carbonyl (C=O) groups excluding carboxylic acids is 1.